The van der Waals surface area contributed by atoms with Gasteiger partial charge in [0.15, 0.2) is 0 Å². The molecule has 0 amide bonds. The van der Waals surface area contributed by atoms with Crippen molar-refractivity contribution in [1.29, 1.82) is 0 Å². The van der Waals surface area contributed by atoms with Crippen molar-refractivity contribution < 1.29 is 0 Å². The average molecular weight is 178 g/mol. The molecule has 1 heterocycles. The Morgan fingerprint density at radius 1 is 1.43 bits per heavy atom. The molecule has 0 spiro atoms. The molecule has 1 aliphatic heterocycles. The van der Waals surface area contributed by atoms with Gasteiger partial charge in [-0.3, -0.25) is 0 Å². The van der Waals surface area contributed by atoms with E-state index >= 15 is 0 Å². The molecule has 1 unspecified atom stereocenters. The van der Waals surface area contributed by atoms with Gasteiger partial charge in [-0.05, 0) is 0 Å². The van der Waals surface area contributed by atoms with Crippen LogP contribution in [0, 0.1) is 0 Å². The Morgan fingerprint density at radius 2 is 2.29 bits per heavy atom. The van der Waals surface area contributed by atoms with Crippen LogP contribution in [0.1, 0.15) is 0 Å². The van der Waals surface area contributed by atoms with Crippen molar-refractivity contribution in [2.24, 2.45) is 0 Å². The molecule has 0 saturated heterocycles. The molecule has 0 radical (unpaired) electrons. The summed E-state index contributed by atoms with van der Waals surface area (Å²) in [6, 6.07) is 0. The average Bonchev–Trinajstić information content (AvgIpc) is 1.69. The second kappa shape index (κ2) is 2.46. The fraction of sp³-hybridized carbons (Fsp3) is 0. The fourth-order valence-corrected chi connectivity index (χ4v) is 1.60. The minimum atomic E-state index is 0.167. The van der Waals surface area contributed by atoms with Crippen molar-refractivity contribution in [1.82, 2.24) is 4.72 Å². The maximum absolute atomic E-state index is 3.09. The van der Waals surface area contributed by atoms with Gasteiger partial charge in [0.2, 0.25) is 0 Å². The minimum absolute atomic E-state index is 0.167. The van der Waals surface area contributed by atoms with Crippen LogP contribution in [0.15, 0.2) is 23.8 Å². The molecule has 0 saturated carbocycles. The summed E-state index contributed by atoms with van der Waals surface area (Å²) in [4.78, 5) is 0. The van der Waals surface area contributed by atoms with Gasteiger partial charge in [0.25, 0.3) is 0 Å². The van der Waals surface area contributed by atoms with Gasteiger partial charge < -0.3 is 0 Å². The first-order valence-corrected chi connectivity index (χ1v) is 5.21. The molecule has 1 rings (SSSR count). The van der Waals surface area contributed by atoms with Gasteiger partial charge in [0.05, 0.1) is 0 Å². The van der Waals surface area contributed by atoms with Crippen LogP contribution in [0.3, 0.4) is 0 Å². The quantitative estimate of drug-likeness (QED) is 0.543. The second-order valence-electron chi connectivity index (χ2n) is 1.10. The molecule has 1 nitrogen and oxygen atoms in total. The Bertz CT molecular complexity index is 139. The Hall–Kier alpha value is 0.149. The van der Waals surface area contributed by atoms with E-state index in [1.165, 1.54) is 0 Å². The van der Waals surface area contributed by atoms with Crippen molar-refractivity contribution >= 4 is 23.4 Å². The van der Waals surface area contributed by atoms with Gasteiger partial charge in [-0.2, -0.15) is 0 Å². The van der Waals surface area contributed by atoms with Crippen LogP contribution in [0.25, 0.3) is 0 Å². The fourth-order valence-electron chi connectivity index (χ4n) is 0.318. The van der Waals surface area contributed by atoms with E-state index in [0.717, 1.165) is 0 Å². The number of nitrogens with one attached hydrogen (secondary N) is 1. The van der Waals surface area contributed by atoms with Crippen molar-refractivity contribution in [2.75, 3.05) is 0 Å². The Balaban J connectivity index is 2.66. The van der Waals surface area contributed by atoms with E-state index in [9.17, 15) is 0 Å². The van der Waals surface area contributed by atoms with Crippen LogP contribution < -0.4 is 4.72 Å². The zero-order valence-electron chi connectivity index (χ0n) is 3.63. The van der Waals surface area contributed by atoms with Gasteiger partial charge in [-0.15, -0.1) is 0 Å². The monoisotopic (exact) mass is 179 g/mol. The van der Waals surface area contributed by atoms with Gasteiger partial charge in [0, 0.05) is 0 Å². The molecule has 1 atom stereocenters. The molecule has 0 aromatic carbocycles. The van der Waals surface area contributed by atoms with Gasteiger partial charge >= 0.3 is 51.9 Å². The Kier molecular flexibility index (Phi) is 1.86. The molecule has 0 aromatic rings. The SMILES string of the molecule is [Se]=S1C=CC=CN1. The van der Waals surface area contributed by atoms with E-state index in [0.29, 0.717) is 0 Å². The van der Waals surface area contributed by atoms with Crippen molar-refractivity contribution in [3.05, 3.63) is 23.8 Å². The first-order chi connectivity index (χ1) is 3.39. The summed E-state index contributed by atoms with van der Waals surface area (Å²) in [5.41, 5.74) is 0. The van der Waals surface area contributed by atoms with Crippen LogP contribution >= 0.6 is 9.00 Å². The molecule has 7 heavy (non-hydrogen) atoms. The summed E-state index contributed by atoms with van der Waals surface area (Å²) in [5, 5.41) is 2.08. The molecule has 1 N–H and O–H groups in total. The van der Waals surface area contributed by atoms with E-state index < -0.39 is 0 Å². The zero-order valence-corrected chi connectivity index (χ0v) is 6.16. The van der Waals surface area contributed by atoms with Crippen LogP contribution in [0.4, 0.5) is 0 Å². The molecule has 0 aliphatic carbocycles. The number of hydrogen-bond acceptors (Lipinski definition) is 1. The predicted octanol–water partition coefficient (Wildman–Crippen LogP) is 0.884. The molecule has 0 aromatic heterocycles. The van der Waals surface area contributed by atoms with Crippen molar-refractivity contribution in [2.45, 2.75) is 0 Å². The van der Waals surface area contributed by atoms with Gasteiger partial charge in [0.1, 0.15) is 0 Å². The van der Waals surface area contributed by atoms with Crippen molar-refractivity contribution in [3.8, 4) is 0 Å². The second-order valence-corrected chi connectivity index (χ2v) is 4.47. The third kappa shape index (κ3) is 1.59. The van der Waals surface area contributed by atoms with Crippen LogP contribution in [0.2, 0.25) is 0 Å². The summed E-state index contributed by atoms with van der Waals surface area (Å²) >= 11 is 2.96. The molecule has 3 heteroatoms. The first-order valence-electron chi connectivity index (χ1n) is 1.90. The van der Waals surface area contributed by atoms with E-state index in [-0.39, 0.29) is 9.00 Å². The van der Waals surface area contributed by atoms with Crippen LogP contribution in [-0.4, -0.2) is 14.4 Å². The Morgan fingerprint density at radius 3 is 2.57 bits per heavy atom. The van der Waals surface area contributed by atoms with Crippen molar-refractivity contribution in [3.63, 3.8) is 0 Å². The number of allylic oxidation sites excluding steroid dienone is 2. The van der Waals surface area contributed by atoms with Crippen LogP contribution in [-0.2, 0) is 0 Å². The summed E-state index contributed by atoms with van der Waals surface area (Å²) in [6.45, 7) is 0. The molecule has 0 fully saturated rings. The molecule has 0 bridgehead atoms. The third-order valence-electron chi connectivity index (χ3n) is 0.594. The number of rotatable bonds is 0. The first kappa shape index (κ1) is 5.29. The normalized spacial score (nSPS) is 27.1. The van der Waals surface area contributed by atoms with E-state index in [1.807, 2.05) is 18.4 Å². The molecular formula is C4H5NSSe. The molecule has 38 valence electrons. The number of hydrogen-bond donors (Lipinski definition) is 1. The summed E-state index contributed by atoms with van der Waals surface area (Å²) < 4.78 is 3.09. The van der Waals surface area contributed by atoms with Gasteiger partial charge in [-0.1, -0.05) is 0 Å². The summed E-state index contributed by atoms with van der Waals surface area (Å²) in [6.07, 6.45) is 5.93. The van der Waals surface area contributed by atoms with E-state index in [4.69, 9.17) is 0 Å². The van der Waals surface area contributed by atoms with Crippen LogP contribution in [0.5, 0.6) is 0 Å². The third-order valence-corrected chi connectivity index (χ3v) is 2.67. The summed E-state index contributed by atoms with van der Waals surface area (Å²) in [7, 11) is 0.167. The summed E-state index contributed by atoms with van der Waals surface area (Å²) in [5.74, 6) is 0. The topological polar surface area (TPSA) is 12.0 Å². The molecular weight excluding hydrogens is 173 g/mol. The maximum atomic E-state index is 3.09. The standard InChI is InChI=1S/C4H5NSSe/c7-6-4-2-1-3-5-6/h1-5H. The van der Waals surface area contributed by atoms with E-state index in [2.05, 4.69) is 24.5 Å². The van der Waals surface area contributed by atoms with E-state index in [1.54, 1.807) is 0 Å². The zero-order chi connectivity index (χ0) is 5.11. The Labute approximate surface area is 52.2 Å². The predicted molar refractivity (Wildman–Crippen MR) is 34.8 cm³/mol. The molecule has 1 aliphatic rings. The van der Waals surface area contributed by atoms with Gasteiger partial charge in [-0.25, -0.2) is 0 Å².